The summed E-state index contributed by atoms with van der Waals surface area (Å²) in [4.78, 5) is 35.5. The number of urea groups is 1. The van der Waals surface area contributed by atoms with Crippen molar-refractivity contribution in [1.82, 2.24) is 10.2 Å². The Balaban J connectivity index is 4.52. The Labute approximate surface area is 119 Å². The van der Waals surface area contributed by atoms with Gasteiger partial charge in [0, 0.05) is 26.1 Å². The molecule has 0 bridgehead atoms. The molecule has 0 aromatic carbocycles. The van der Waals surface area contributed by atoms with Gasteiger partial charge in [0.15, 0.2) is 0 Å². The number of ether oxygens (including phenoxy) is 1. The summed E-state index contributed by atoms with van der Waals surface area (Å²) in [6, 6.07) is -0.469. The van der Waals surface area contributed by atoms with Gasteiger partial charge >= 0.3 is 12.0 Å². The van der Waals surface area contributed by atoms with E-state index in [0.29, 0.717) is 13.2 Å². The van der Waals surface area contributed by atoms with Gasteiger partial charge in [-0.2, -0.15) is 0 Å². The molecule has 0 aromatic rings. The van der Waals surface area contributed by atoms with E-state index in [9.17, 15) is 14.4 Å². The molecular weight excluding hydrogens is 264 g/mol. The summed E-state index contributed by atoms with van der Waals surface area (Å²) < 4.78 is 4.96. The van der Waals surface area contributed by atoms with Crippen LogP contribution in [0.25, 0.3) is 0 Å². The molecule has 20 heavy (non-hydrogen) atoms. The summed E-state index contributed by atoms with van der Waals surface area (Å²) in [5.41, 5.74) is 0. The molecule has 7 heteroatoms. The standard InChI is InChI=1S/C13H24N2O5/c1-4-10(5-2)15(8-9-20-3)13(19)14-11(16)6-7-12(17)18/h10H,4-9H2,1-3H3,(H,17,18)(H,14,16,19). The minimum atomic E-state index is -1.07. The number of carboxylic acid groups (broad SMARTS) is 1. The van der Waals surface area contributed by atoms with E-state index in [1.54, 1.807) is 12.0 Å². The molecule has 0 heterocycles. The number of carbonyl (C=O) groups is 3. The third-order valence-electron chi connectivity index (χ3n) is 2.99. The van der Waals surface area contributed by atoms with Crippen LogP contribution in [-0.4, -0.2) is 54.2 Å². The van der Waals surface area contributed by atoms with Gasteiger partial charge in [-0.25, -0.2) is 4.79 Å². The maximum Gasteiger partial charge on any atom is 0.324 e. The molecule has 0 unspecified atom stereocenters. The number of carboxylic acids is 1. The van der Waals surface area contributed by atoms with Crippen molar-refractivity contribution in [2.45, 2.75) is 45.6 Å². The van der Waals surface area contributed by atoms with E-state index in [4.69, 9.17) is 9.84 Å². The quantitative estimate of drug-likeness (QED) is 0.665. The van der Waals surface area contributed by atoms with Crippen molar-refractivity contribution in [3.8, 4) is 0 Å². The summed E-state index contributed by atoms with van der Waals surface area (Å²) in [5, 5.41) is 10.7. The number of hydrogen-bond donors (Lipinski definition) is 2. The lowest BCUT2D eigenvalue weighted by molar-refractivity contribution is -0.138. The van der Waals surface area contributed by atoms with Gasteiger partial charge in [0.25, 0.3) is 0 Å². The van der Waals surface area contributed by atoms with Crippen LogP contribution in [0.15, 0.2) is 0 Å². The summed E-state index contributed by atoms with van der Waals surface area (Å²) in [7, 11) is 1.54. The summed E-state index contributed by atoms with van der Waals surface area (Å²) >= 11 is 0. The Bertz CT molecular complexity index is 329. The lowest BCUT2D eigenvalue weighted by Crippen LogP contribution is -2.49. The first-order chi connectivity index (χ1) is 9.46. The monoisotopic (exact) mass is 288 g/mol. The van der Waals surface area contributed by atoms with E-state index >= 15 is 0 Å². The van der Waals surface area contributed by atoms with Crippen LogP contribution in [0.3, 0.4) is 0 Å². The summed E-state index contributed by atoms with van der Waals surface area (Å²) in [6.45, 7) is 4.70. The SMILES string of the molecule is CCC(CC)N(CCOC)C(=O)NC(=O)CCC(=O)O. The lowest BCUT2D eigenvalue weighted by Gasteiger charge is -2.30. The second-order valence-electron chi connectivity index (χ2n) is 4.40. The van der Waals surface area contributed by atoms with E-state index in [1.165, 1.54) is 0 Å². The fourth-order valence-electron chi connectivity index (χ4n) is 1.84. The van der Waals surface area contributed by atoms with Gasteiger partial charge in [-0.05, 0) is 12.8 Å². The number of aliphatic carboxylic acids is 1. The van der Waals surface area contributed by atoms with Crippen molar-refractivity contribution in [1.29, 1.82) is 0 Å². The molecule has 3 amide bonds. The average molecular weight is 288 g/mol. The van der Waals surface area contributed by atoms with Crippen molar-refractivity contribution in [3.63, 3.8) is 0 Å². The second-order valence-corrected chi connectivity index (χ2v) is 4.40. The third kappa shape index (κ3) is 7.08. The predicted octanol–water partition coefficient (Wildman–Crippen LogP) is 1.22. The number of nitrogens with one attached hydrogen (secondary N) is 1. The zero-order valence-electron chi connectivity index (χ0n) is 12.3. The van der Waals surface area contributed by atoms with Gasteiger partial charge in [0.2, 0.25) is 5.91 Å². The molecule has 0 saturated carbocycles. The molecule has 0 spiro atoms. The second kappa shape index (κ2) is 10.2. The number of amides is 3. The molecule has 116 valence electrons. The molecule has 7 nitrogen and oxygen atoms in total. The zero-order chi connectivity index (χ0) is 15.5. The Hall–Kier alpha value is -1.63. The Morgan fingerprint density at radius 2 is 1.80 bits per heavy atom. The van der Waals surface area contributed by atoms with Gasteiger partial charge < -0.3 is 14.7 Å². The zero-order valence-corrected chi connectivity index (χ0v) is 12.3. The number of imide groups is 1. The number of rotatable bonds is 9. The molecular formula is C13H24N2O5. The molecule has 2 N–H and O–H groups in total. The highest BCUT2D eigenvalue weighted by molar-refractivity contribution is 5.95. The molecule has 0 aliphatic rings. The van der Waals surface area contributed by atoms with Crippen molar-refractivity contribution in [2.75, 3.05) is 20.3 Å². The Kier molecular flexibility index (Phi) is 9.36. The molecule has 0 rings (SSSR count). The molecule has 0 saturated heterocycles. The topological polar surface area (TPSA) is 95.9 Å². The Morgan fingerprint density at radius 1 is 1.20 bits per heavy atom. The maximum atomic E-state index is 12.1. The van der Waals surface area contributed by atoms with Crippen molar-refractivity contribution in [3.05, 3.63) is 0 Å². The first-order valence-electron chi connectivity index (χ1n) is 6.77. The van der Waals surface area contributed by atoms with Crippen LogP contribution in [0, 0.1) is 0 Å². The highest BCUT2D eigenvalue weighted by Gasteiger charge is 2.22. The fourth-order valence-corrected chi connectivity index (χ4v) is 1.84. The van der Waals surface area contributed by atoms with Crippen molar-refractivity contribution in [2.24, 2.45) is 0 Å². The third-order valence-corrected chi connectivity index (χ3v) is 2.99. The fraction of sp³-hybridized carbons (Fsp3) is 0.769. The van der Waals surface area contributed by atoms with E-state index in [-0.39, 0.29) is 18.9 Å². The first-order valence-corrected chi connectivity index (χ1v) is 6.77. The molecule has 0 atom stereocenters. The summed E-state index contributed by atoms with van der Waals surface area (Å²) in [5.74, 6) is -1.64. The van der Waals surface area contributed by atoms with E-state index in [0.717, 1.165) is 12.8 Å². The van der Waals surface area contributed by atoms with Gasteiger partial charge in [-0.15, -0.1) is 0 Å². The number of methoxy groups -OCH3 is 1. The van der Waals surface area contributed by atoms with Crippen LogP contribution < -0.4 is 5.32 Å². The normalized spacial score (nSPS) is 10.4. The van der Waals surface area contributed by atoms with E-state index in [1.807, 2.05) is 13.8 Å². The molecule has 0 fully saturated rings. The number of nitrogens with zero attached hydrogens (tertiary/aromatic N) is 1. The number of carbonyl (C=O) groups excluding carboxylic acids is 2. The minimum absolute atomic E-state index is 0.0254. The van der Waals surface area contributed by atoms with Crippen LogP contribution in [0.2, 0.25) is 0 Å². The van der Waals surface area contributed by atoms with Crippen LogP contribution >= 0.6 is 0 Å². The van der Waals surface area contributed by atoms with Crippen LogP contribution in [0.4, 0.5) is 4.79 Å². The van der Waals surface area contributed by atoms with Crippen molar-refractivity contribution >= 4 is 17.9 Å². The van der Waals surface area contributed by atoms with Crippen LogP contribution in [-0.2, 0) is 14.3 Å². The molecule has 0 aliphatic carbocycles. The maximum absolute atomic E-state index is 12.1. The van der Waals surface area contributed by atoms with Gasteiger partial charge in [-0.1, -0.05) is 13.8 Å². The highest BCUT2D eigenvalue weighted by Crippen LogP contribution is 2.08. The van der Waals surface area contributed by atoms with Crippen LogP contribution in [0.5, 0.6) is 0 Å². The lowest BCUT2D eigenvalue weighted by atomic mass is 10.1. The summed E-state index contributed by atoms with van der Waals surface area (Å²) in [6.07, 6.45) is 1.05. The van der Waals surface area contributed by atoms with E-state index < -0.39 is 17.9 Å². The first kappa shape index (κ1) is 18.4. The highest BCUT2D eigenvalue weighted by atomic mass is 16.5. The smallest absolute Gasteiger partial charge is 0.324 e. The Morgan fingerprint density at radius 3 is 2.25 bits per heavy atom. The van der Waals surface area contributed by atoms with Crippen LogP contribution in [0.1, 0.15) is 39.5 Å². The van der Waals surface area contributed by atoms with Gasteiger partial charge in [-0.3, -0.25) is 14.9 Å². The average Bonchev–Trinajstić information content (AvgIpc) is 2.41. The predicted molar refractivity (Wildman–Crippen MR) is 73.4 cm³/mol. The van der Waals surface area contributed by atoms with Gasteiger partial charge in [0.05, 0.1) is 13.0 Å². The molecule has 0 aliphatic heterocycles. The number of hydrogen-bond acceptors (Lipinski definition) is 4. The van der Waals surface area contributed by atoms with Gasteiger partial charge in [0.1, 0.15) is 0 Å². The largest absolute Gasteiger partial charge is 0.481 e. The minimum Gasteiger partial charge on any atom is -0.481 e. The van der Waals surface area contributed by atoms with E-state index in [2.05, 4.69) is 5.32 Å². The van der Waals surface area contributed by atoms with Crippen molar-refractivity contribution < 1.29 is 24.2 Å². The molecule has 0 radical (unpaired) electrons. The molecule has 0 aromatic heterocycles.